The second kappa shape index (κ2) is 3.61. The molecule has 1 N–H and O–H groups in total. The van der Waals surface area contributed by atoms with Crippen LogP contribution in [0.1, 0.15) is 36.1 Å². The van der Waals surface area contributed by atoms with Gasteiger partial charge in [0.15, 0.2) is 0 Å². The van der Waals surface area contributed by atoms with Crippen molar-refractivity contribution in [2.24, 2.45) is 5.92 Å². The van der Waals surface area contributed by atoms with Gasteiger partial charge in [0.05, 0.1) is 0 Å². The Morgan fingerprint density at radius 1 is 1.33 bits per heavy atom. The molecule has 4 rings (SSSR count). The molecule has 2 aliphatic rings. The Balaban J connectivity index is 1.91. The third-order valence-corrected chi connectivity index (χ3v) is 4.74. The molecule has 1 fully saturated rings. The maximum Gasteiger partial charge on any atom is 0.0494 e. The van der Waals surface area contributed by atoms with E-state index in [1.165, 1.54) is 41.5 Å². The van der Waals surface area contributed by atoms with Crippen LogP contribution < -0.4 is 0 Å². The van der Waals surface area contributed by atoms with Gasteiger partial charge >= 0.3 is 0 Å². The summed E-state index contributed by atoms with van der Waals surface area (Å²) in [7, 11) is 2.22. The SMILES string of the molecule is CC1CC1c1cccc2c3c([nH]c12)CCN(C)C3. The van der Waals surface area contributed by atoms with E-state index in [4.69, 9.17) is 0 Å². The molecule has 0 amide bonds. The number of nitrogens with one attached hydrogen (secondary N) is 1. The van der Waals surface area contributed by atoms with Crippen molar-refractivity contribution < 1.29 is 0 Å². The molecule has 0 bridgehead atoms. The third kappa shape index (κ3) is 1.45. The number of rotatable bonds is 1. The van der Waals surface area contributed by atoms with Crippen LogP contribution in [-0.2, 0) is 13.0 Å². The third-order valence-electron chi connectivity index (χ3n) is 4.74. The fourth-order valence-electron chi connectivity index (χ4n) is 3.46. The number of benzene rings is 1. The summed E-state index contributed by atoms with van der Waals surface area (Å²) in [6.45, 7) is 4.63. The van der Waals surface area contributed by atoms with Crippen LogP contribution in [0, 0.1) is 5.92 Å². The fraction of sp³-hybridized carbons (Fsp3) is 0.500. The van der Waals surface area contributed by atoms with Gasteiger partial charge in [-0.25, -0.2) is 0 Å². The molecule has 0 radical (unpaired) electrons. The zero-order valence-corrected chi connectivity index (χ0v) is 11.2. The van der Waals surface area contributed by atoms with E-state index < -0.39 is 0 Å². The zero-order valence-electron chi connectivity index (χ0n) is 11.2. The Bertz CT molecular complexity index is 611. The van der Waals surface area contributed by atoms with E-state index in [9.17, 15) is 0 Å². The van der Waals surface area contributed by atoms with Crippen LogP contribution in [0.5, 0.6) is 0 Å². The van der Waals surface area contributed by atoms with E-state index in [2.05, 4.69) is 42.1 Å². The van der Waals surface area contributed by atoms with E-state index in [-0.39, 0.29) is 0 Å². The number of aromatic nitrogens is 1. The lowest BCUT2D eigenvalue weighted by molar-refractivity contribution is 0.313. The Kier molecular flexibility index (Phi) is 2.13. The monoisotopic (exact) mass is 240 g/mol. The Morgan fingerprint density at radius 3 is 2.94 bits per heavy atom. The largest absolute Gasteiger partial charge is 0.358 e. The lowest BCUT2D eigenvalue weighted by Crippen LogP contribution is -2.25. The predicted molar refractivity (Wildman–Crippen MR) is 74.9 cm³/mol. The van der Waals surface area contributed by atoms with Gasteiger partial charge in [0.25, 0.3) is 0 Å². The minimum atomic E-state index is 0.798. The molecule has 1 aromatic heterocycles. The number of hydrogen-bond donors (Lipinski definition) is 1. The minimum Gasteiger partial charge on any atom is -0.358 e. The molecule has 0 saturated heterocycles. The highest BCUT2D eigenvalue weighted by molar-refractivity contribution is 5.88. The lowest BCUT2D eigenvalue weighted by Gasteiger charge is -2.22. The van der Waals surface area contributed by atoms with Crippen LogP contribution in [0.4, 0.5) is 0 Å². The quantitative estimate of drug-likeness (QED) is 0.810. The van der Waals surface area contributed by atoms with Gasteiger partial charge in [-0.15, -0.1) is 0 Å². The first-order valence-electron chi connectivity index (χ1n) is 7.05. The van der Waals surface area contributed by atoms with E-state index in [0.717, 1.165) is 18.4 Å². The van der Waals surface area contributed by atoms with Gasteiger partial charge < -0.3 is 9.88 Å². The van der Waals surface area contributed by atoms with Gasteiger partial charge in [0, 0.05) is 36.1 Å². The Morgan fingerprint density at radius 2 is 2.17 bits per heavy atom. The van der Waals surface area contributed by atoms with Crippen molar-refractivity contribution in [1.82, 2.24) is 9.88 Å². The summed E-state index contributed by atoms with van der Waals surface area (Å²) in [5, 5.41) is 1.47. The smallest absolute Gasteiger partial charge is 0.0494 e. The molecule has 2 nitrogen and oxygen atoms in total. The van der Waals surface area contributed by atoms with Gasteiger partial charge in [-0.1, -0.05) is 25.1 Å². The van der Waals surface area contributed by atoms with E-state index in [1.54, 1.807) is 5.56 Å². The summed E-state index contributed by atoms with van der Waals surface area (Å²) in [6.07, 6.45) is 2.53. The van der Waals surface area contributed by atoms with Crippen LogP contribution in [0.15, 0.2) is 18.2 Å². The van der Waals surface area contributed by atoms with E-state index in [1.807, 2.05) is 0 Å². The molecule has 2 heteroatoms. The first kappa shape index (κ1) is 10.6. The number of aromatic amines is 1. The molecule has 2 heterocycles. The van der Waals surface area contributed by atoms with E-state index >= 15 is 0 Å². The molecule has 2 aromatic rings. The molecule has 0 spiro atoms. The number of para-hydroxylation sites is 1. The van der Waals surface area contributed by atoms with Gasteiger partial charge in [0.1, 0.15) is 0 Å². The van der Waals surface area contributed by atoms with Crippen LogP contribution in [0.2, 0.25) is 0 Å². The maximum atomic E-state index is 3.72. The molecular formula is C16H20N2. The summed E-state index contributed by atoms with van der Waals surface area (Å²) >= 11 is 0. The van der Waals surface area contributed by atoms with Crippen molar-refractivity contribution in [3.8, 4) is 0 Å². The zero-order chi connectivity index (χ0) is 12.3. The molecule has 1 aromatic carbocycles. The van der Waals surface area contributed by atoms with Crippen molar-refractivity contribution in [1.29, 1.82) is 0 Å². The van der Waals surface area contributed by atoms with Crippen molar-refractivity contribution >= 4 is 10.9 Å². The first-order valence-corrected chi connectivity index (χ1v) is 7.05. The molecule has 94 valence electrons. The van der Waals surface area contributed by atoms with Crippen molar-refractivity contribution in [3.63, 3.8) is 0 Å². The van der Waals surface area contributed by atoms with Crippen molar-refractivity contribution in [3.05, 3.63) is 35.0 Å². The standard InChI is InChI=1S/C16H20N2/c1-10-8-13(10)11-4-3-5-12-14-9-18(2)7-6-15(14)17-16(11)12/h3-5,10,13,17H,6-9H2,1-2H3. The fourth-order valence-corrected chi connectivity index (χ4v) is 3.46. The first-order chi connectivity index (χ1) is 8.74. The molecule has 18 heavy (non-hydrogen) atoms. The summed E-state index contributed by atoms with van der Waals surface area (Å²) in [5.41, 5.74) is 5.99. The normalized spacial score (nSPS) is 27.4. The Labute approximate surface area is 108 Å². The van der Waals surface area contributed by atoms with Crippen LogP contribution in [0.25, 0.3) is 10.9 Å². The highest BCUT2D eigenvalue weighted by Gasteiger charge is 2.35. The van der Waals surface area contributed by atoms with Crippen LogP contribution in [0.3, 0.4) is 0 Å². The van der Waals surface area contributed by atoms with Gasteiger partial charge in [0.2, 0.25) is 0 Å². The van der Waals surface area contributed by atoms with E-state index in [0.29, 0.717) is 0 Å². The number of nitrogens with zero attached hydrogens (tertiary/aromatic N) is 1. The summed E-state index contributed by atoms with van der Waals surface area (Å²) in [5.74, 6) is 1.67. The number of H-pyrrole nitrogens is 1. The molecule has 1 aliphatic carbocycles. The lowest BCUT2D eigenvalue weighted by atomic mass is 10.0. The Hall–Kier alpha value is -1.28. The topological polar surface area (TPSA) is 19.0 Å². The van der Waals surface area contributed by atoms with Crippen molar-refractivity contribution in [2.45, 2.75) is 32.2 Å². The number of hydrogen-bond acceptors (Lipinski definition) is 1. The minimum absolute atomic E-state index is 0.798. The average molecular weight is 240 g/mol. The van der Waals surface area contributed by atoms with Crippen molar-refractivity contribution in [2.75, 3.05) is 13.6 Å². The maximum absolute atomic E-state index is 3.72. The van der Waals surface area contributed by atoms with Gasteiger partial charge in [-0.3, -0.25) is 0 Å². The summed E-state index contributed by atoms with van der Waals surface area (Å²) in [6, 6.07) is 6.86. The molecule has 2 unspecified atom stereocenters. The second-order valence-corrected chi connectivity index (χ2v) is 6.16. The van der Waals surface area contributed by atoms with Gasteiger partial charge in [-0.2, -0.15) is 0 Å². The van der Waals surface area contributed by atoms with Crippen LogP contribution >= 0.6 is 0 Å². The highest BCUT2D eigenvalue weighted by atomic mass is 15.1. The number of fused-ring (bicyclic) bond motifs is 3. The summed E-state index contributed by atoms with van der Waals surface area (Å²) in [4.78, 5) is 6.14. The molecule has 1 aliphatic heterocycles. The highest BCUT2D eigenvalue weighted by Crippen LogP contribution is 2.49. The molecule has 1 saturated carbocycles. The molecule has 2 atom stereocenters. The second-order valence-electron chi connectivity index (χ2n) is 6.16. The van der Waals surface area contributed by atoms with Crippen LogP contribution in [-0.4, -0.2) is 23.5 Å². The molecular weight excluding hydrogens is 220 g/mol. The van der Waals surface area contributed by atoms with Gasteiger partial charge in [-0.05, 0) is 36.4 Å². The average Bonchev–Trinajstić information content (AvgIpc) is 2.97. The summed E-state index contributed by atoms with van der Waals surface area (Å²) < 4.78 is 0. The predicted octanol–water partition coefficient (Wildman–Crippen LogP) is 3.28. The number of likely N-dealkylation sites (N-methyl/N-ethyl adjacent to an activating group) is 1.